The number of ether oxygens (including phenoxy) is 3. The largest absolute Gasteiger partial charge is 0.394 e. The quantitative estimate of drug-likeness (QED) is 0.395. The molecule has 0 aromatic rings. The number of allylic oxidation sites excluding steroid dienone is 1. The van der Waals surface area contributed by atoms with E-state index in [1.165, 1.54) is 0 Å². The van der Waals surface area contributed by atoms with Gasteiger partial charge in [-0.3, -0.25) is 0 Å². The van der Waals surface area contributed by atoms with E-state index in [1.54, 1.807) is 0 Å². The predicted octanol–water partition coefficient (Wildman–Crippen LogP) is -2.29. The summed E-state index contributed by atoms with van der Waals surface area (Å²) in [6.45, 7) is -0.471. The molecule has 6 rings (SSSR count). The van der Waals surface area contributed by atoms with Crippen molar-refractivity contribution in [3.05, 3.63) is 23.4 Å². The highest BCUT2D eigenvalue weighted by Gasteiger charge is 2.49. The van der Waals surface area contributed by atoms with Gasteiger partial charge in [-0.25, -0.2) is 0 Å². The summed E-state index contributed by atoms with van der Waals surface area (Å²) in [5.41, 5.74) is 1.90. The molecule has 8 nitrogen and oxygen atoms in total. The molecule has 2 fully saturated rings. The molecule has 0 aromatic heterocycles. The third-order valence-corrected chi connectivity index (χ3v) is 4.61. The maximum absolute atomic E-state index is 10.0. The van der Waals surface area contributed by atoms with E-state index < -0.39 is 37.3 Å². The summed E-state index contributed by atoms with van der Waals surface area (Å²) in [5.74, 6) is 0. The van der Waals surface area contributed by atoms with Crippen LogP contribution in [0.2, 0.25) is 0 Å². The third-order valence-electron chi connectivity index (χ3n) is 4.61. The zero-order chi connectivity index (χ0) is 15.4. The second-order valence-corrected chi connectivity index (χ2v) is 5.98. The minimum absolute atomic E-state index is 0.0869. The Kier molecular flexibility index (Phi) is 3.50. The molecule has 5 N–H and O–H groups in total. The summed E-state index contributed by atoms with van der Waals surface area (Å²) < 4.78 is 17.0. The zero-order valence-corrected chi connectivity index (χ0v) is 11.7. The van der Waals surface area contributed by atoms with Crippen LogP contribution in [-0.4, -0.2) is 76.2 Å². The first-order valence-electron chi connectivity index (χ1n) is 7.38. The fraction of sp³-hybridized carbons (Fsp3) is 0.714. The van der Waals surface area contributed by atoms with Gasteiger partial charge in [0, 0.05) is 17.7 Å². The SMILES string of the molecule is OCC1OC(OC2CC3C=CC4=C2C(N4)O3)C(O)C(O)C1O. The smallest absolute Gasteiger partial charge is 0.187 e. The van der Waals surface area contributed by atoms with Gasteiger partial charge >= 0.3 is 0 Å². The predicted molar refractivity (Wildman–Crippen MR) is 71.2 cm³/mol. The first-order valence-corrected chi connectivity index (χ1v) is 7.38. The van der Waals surface area contributed by atoms with Gasteiger partial charge in [-0.05, 0) is 6.08 Å². The lowest BCUT2D eigenvalue weighted by Crippen LogP contribution is -2.61. The van der Waals surface area contributed by atoms with Crippen LogP contribution in [0.5, 0.6) is 0 Å². The van der Waals surface area contributed by atoms with Crippen molar-refractivity contribution >= 4 is 0 Å². The standard InChI is InChI=1S/C14H19NO7/c16-4-8-10(17)11(18)12(19)14(22-8)21-7-3-5-1-2-6-9(7)13(15-6)20-5/h1-2,5,7-8,10-19H,3-4H2. The van der Waals surface area contributed by atoms with Gasteiger partial charge in [0.25, 0.3) is 0 Å². The van der Waals surface area contributed by atoms with E-state index in [4.69, 9.17) is 14.2 Å². The Morgan fingerprint density at radius 3 is 2.77 bits per heavy atom. The second kappa shape index (κ2) is 5.27. The third kappa shape index (κ3) is 2.11. The number of nitrogens with one attached hydrogen (secondary N) is 1. The second-order valence-electron chi connectivity index (χ2n) is 5.98. The molecule has 5 heterocycles. The molecular weight excluding hydrogens is 294 g/mol. The molecule has 0 spiro atoms. The molecule has 122 valence electrons. The molecule has 1 aliphatic carbocycles. The molecule has 2 saturated heterocycles. The minimum Gasteiger partial charge on any atom is -0.394 e. The normalized spacial score (nSPS) is 49.6. The van der Waals surface area contributed by atoms with Crippen molar-refractivity contribution in [2.45, 2.75) is 55.6 Å². The van der Waals surface area contributed by atoms with Gasteiger partial charge in [-0.1, -0.05) is 6.08 Å². The van der Waals surface area contributed by atoms with E-state index in [0.29, 0.717) is 6.42 Å². The van der Waals surface area contributed by atoms with Crippen molar-refractivity contribution in [2.24, 2.45) is 0 Å². The van der Waals surface area contributed by atoms with Gasteiger partial charge in [-0.15, -0.1) is 0 Å². The van der Waals surface area contributed by atoms with Crippen LogP contribution in [0.3, 0.4) is 0 Å². The Bertz CT molecular complexity index is 519. The maximum Gasteiger partial charge on any atom is 0.187 e. The average molecular weight is 313 g/mol. The average Bonchev–Trinajstić information content (AvgIpc) is 2.84. The first-order chi connectivity index (χ1) is 10.6. The van der Waals surface area contributed by atoms with Crippen LogP contribution in [-0.2, 0) is 14.2 Å². The van der Waals surface area contributed by atoms with Gasteiger partial charge in [0.1, 0.15) is 24.4 Å². The van der Waals surface area contributed by atoms with Crippen LogP contribution in [0, 0.1) is 0 Å². The van der Waals surface area contributed by atoms with E-state index in [9.17, 15) is 20.4 Å². The van der Waals surface area contributed by atoms with Crippen LogP contribution in [0.25, 0.3) is 0 Å². The van der Waals surface area contributed by atoms with Crippen molar-refractivity contribution in [3.63, 3.8) is 0 Å². The molecule has 8 unspecified atom stereocenters. The molecular formula is C14H19NO7. The molecule has 8 atom stereocenters. The van der Waals surface area contributed by atoms with E-state index in [-0.39, 0.29) is 18.4 Å². The molecule has 4 bridgehead atoms. The van der Waals surface area contributed by atoms with Crippen molar-refractivity contribution in [2.75, 3.05) is 6.61 Å². The number of hydrogen-bond acceptors (Lipinski definition) is 8. The summed E-state index contributed by atoms with van der Waals surface area (Å²) >= 11 is 0. The Labute approximate surface area is 126 Å². The summed E-state index contributed by atoms with van der Waals surface area (Å²) in [5, 5.41) is 42.0. The molecule has 0 aromatic carbocycles. The van der Waals surface area contributed by atoms with Crippen LogP contribution >= 0.6 is 0 Å². The van der Waals surface area contributed by atoms with E-state index in [2.05, 4.69) is 5.32 Å². The Morgan fingerprint density at radius 1 is 1.18 bits per heavy atom. The van der Waals surface area contributed by atoms with E-state index >= 15 is 0 Å². The highest BCUT2D eigenvalue weighted by atomic mass is 16.7. The molecule has 0 radical (unpaired) electrons. The highest BCUT2D eigenvalue weighted by Crippen LogP contribution is 2.39. The van der Waals surface area contributed by atoms with Gasteiger partial charge in [0.05, 0.1) is 18.8 Å². The zero-order valence-electron chi connectivity index (χ0n) is 11.7. The number of aliphatic hydroxyl groups is 4. The van der Waals surface area contributed by atoms with Crippen molar-refractivity contribution in [3.8, 4) is 0 Å². The summed E-state index contributed by atoms with van der Waals surface area (Å²) in [7, 11) is 0. The maximum atomic E-state index is 10.0. The van der Waals surface area contributed by atoms with Gasteiger partial charge in [0.2, 0.25) is 0 Å². The van der Waals surface area contributed by atoms with E-state index in [1.807, 2.05) is 12.2 Å². The van der Waals surface area contributed by atoms with Crippen LogP contribution in [0.1, 0.15) is 6.42 Å². The van der Waals surface area contributed by atoms with E-state index in [0.717, 1.165) is 11.3 Å². The highest BCUT2D eigenvalue weighted by molar-refractivity contribution is 5.42. The van der Waals surface area contributed by atoms with Crippen LogP contribution in [0.15, 0.2) is 23.4 Å². The summed E-state index contributed by atoms with van der Waals surface area (Å²) in [4.78, 5) is 0. The molecule has 8 heteroatoms. The fourth-order valence-electron chi connectivity index (χ4n) is 3.33. The topological polar surface area (TPSA) is 121 Å². The van der Waals surface area contributed by atoms with Gasteiger partial charge in [0.15, 0.2) is 12.5 Å². The molecule has 0 saturated carbocycles. The van der Waals surface area contributed by atoms with Gasteiger partial charge < -0.3 is 40.0 Å². The molecule has 5 aliphatic heterocycles. The summed E-state index contributed by atoms with van der Waals surface area (Å²) in [6.07, 6.45) is -2.40. The van der Waals surface area contributed by atoms with Gasteiger partial charge in [-0.2, -0.15) is 0 Å². The van der Waals surface area contributed by atoms with Crippen LogP contribution < -0.4 is 5.32 Å². The van der Waals surface area contributed by atoms with Crippen LogP contribution in [0.4, 0.5) is 0 Å². The lowest BCUT2D eigenvalue weighted by atomic mass is 9.93. The van der Waals surface area contributed by atoms with Crippen molar-refractivity contribution in [1.82, 2.24) is 5.32 Å². The number of hydrogen-bond donors (Lipinski definition) is 5. The first kappa shape index (κ1) is 14.6. The molecule has 6 aliphatic rings. The number of fused-ring (bicyclic) bond motifs is 1. The number of aliphatic hydroxyl groups excluding tert-OH is 4. The number of rotatable bonds is 3. The van der Waals surface area contributed by atoms with Crippen molar-refractivity contribution < 1.29 is 34.6 Å². The summed E-state index contributed by atoms with van der Waals surface area (Å²) in [6, 6.07) is 0. The lowest BCUT2D eigenvalue weighted by Gasteiger charge is -2.46. The monoisotopic (exact) mass is 313 g/mol. The Hall–Kier alpha value is -1.00. The molecule has 0 amide bonds. The molecule has 22 heavy (non-hydrogen) atoms. The fourth-order valence-corrected chi connectivity index (χ4v) is 3.33. The lowest BCUT2D eigenvalue weighted by molar-refractivity contribution is -0.312. The van der Waals surface area contributed by atoms with Crippen molar-refractivity contribution in [1.29, 1.82) is 0 Å². The Balaban J connectivity index is 1.51. The minimum atomic E-state index is -1.43. The Morgan fingerprint density at radius 2 is 2.00 bits per heavy atom.